The summed E-state index contributed by atoms with van der Waals surface area (Å²) in [4.78, 5) is 50.9. The molecule has 1 aromatic heterocycles. The van der Waals surface area contributed by atoms with Gasteiger partial charge in [-0.1, -0.05) is 5.92 Å². The topological polar surface area (TPSA) is 113 Å². The van der Waals surface area contributed by atoms with E-state index in [9.17, 15) is 19.2 Å². The summed E-state index contributed by atoms with van der Waals surface area (Å²) in [6, 6.07) is 2.18. The summed E-state index contributed by atoms with van der Waals surface area (Å²) >= 11 is 0. The molecule has 1 fully saturated rings. The first kappa shape index (κ1) is 21.4. The van der Waals surface area contributed by atoms with Gasteiger partial charge in [-0.25, -0.2) is 0 Å². The molecule has 3 atom stereocenters. The molecule has 0 aliphatic carbocycles. The lowest BCUT2D eigenvalue weighted by Gasteiger charge is -2.20. The molecule has 0 spiro atoms. The lowest BCUT2D eigenvalue weighted by atomic mass is 9.98. The van der Waals surface area contributed by atoms with Crippen molar-refractivity contribution in [3.05, 3.63) is 28.2 Å². The molecule has 3 rings (SSSR count). The Bertz CT molecular complexity index is 946. The number of amides is 3. The van der Waals surface area contributed by atoms with E-state index in [0.717, 1.165) is 5.69 Å². The second-order valence-corrected chi connectivity index (χ2v) is 7.85. The number of nitrogens with zero attached hydrogens (tertiary/aromatic N) is 2. The highest BCUT2D eigenvalue weighted by atomic mass is 16.2. The minimum absolute atomic E-state index is 0.0128. The maximum absolute atomic E-state index is 12.9. The lowest BCUT2D eigenvalue weighted by Crippen LogP contribution is -2.42. The molecular weight excluding hydrogens is 386 g/mol. The summed E-state index contributed by atoms with van der Waals surface area (Å²) in [5.74, 6) is 1.78. The molecule has 3 amide bonds. The molecule has 2 aliphatic heterocycles. The number of likely N-dealkylation sites (N-methyl/N-ethyl adjacent to an activating group) is 1. The standard InChI is InChI=1S/C21H27N5O4/c1-4-14(11-13-9-10-22-19(13)28)24-20(29)17-8-6-15-5-7-16(21(30)26(15)17)23-12-18(27)25(2)3/h1,5,7,13-14,17,23H,6,8-12H2,2-3H3,(H,22,28)(H,24,29)/t13-,14+,17-/m0/s1. The number of carbonyl (C=O) groups excluding carboxylic acids is 3. The molecule has 3 N–H and O–H groups in total. The molecule has 0 radical (unpaired) electrons. The largest absolute Gasteiger partial charge is 0.372 e. The van der Waals surface area contributed by atoms with Crippen LogP contribution in [0.25, 0.3) is 0 Å². The summed E-state index contributed by atoms with van der Waals surface area (Å²) in [6.45, 7) is 0.604. The molecule has 9 nitrogen and oxygen atoms in total. The van der Waals surface area contributed by atoms with Gasteiger partial charge < -0.3 is 20.9 Å². The number of terminal acetylenes is 1. The third-order valence-electron chi connectivity index (χ3n) is 5.62. The normalized spacial score (nSPS) is 20.6. The van der Waals surface area contributed by atoms with Crippen LogP contribution in [0.4, 0.5) is 5.69 Å². The number of hydrogen-bond acceptors (Lipinski definition) is 5. The number of aryl methyl sites for hydroxylation is 1. The third-order valence-corrected chi connectivity index (χ3v) is 5.62. The SMILES string of the molecule is C#C[C@H](C[C@@H]1CCNC1=O)NC(=O)[C@@H]1CCc2ccc(NCC(=O)N(C)C)c(=O)n21. The zero-order valence-corrected chi connectivity index (χ0v) is 17.2. The lowest BCUT2D eigenvalue weighted by molar-refractivity contribution is -0.127. The van der Waals surface area contributed by atoms with E-state index in [-0.39, 0.29) is 41.4 Å². The van der Waals surface area contributed by atoms with E-state index in [2.05, 4.69) is 21.9 Å². The Hall–Kier alpha value is -3.28. The Morgan fingerprint density at radius 3 is 2.73 bits per heavy atom. The number of fused-ring (bicyclic) bond motifs is 1. The van der Waals surface area contributed by atoms with Crippen molar-refractivity contribution >= 4 is 23.4 Å². The van der Waals surface area contributed by atoms with E-state index in [1.54, 1.807) is 26.2 Å². The Labute approximate surface area is 175 Å². The fourth-order valence-electron chi connectivity index (χ4n) is 3.85. The van der Waals surface area contributed by atoms with Crippen molar-refractivity contribution in [2.75, 3.05) is 32.5 Å². The molecule has 3 heterocycles. The quantitative estimate of drug-likeness (QED) is 0.521. The number of anilines is 1. The summed E-state index contributed by atoms with van der Waals surface area (Å²) in [7, 11) is 3.27. The van der Waals surface area contributed by atoms with Crippen LogP contribution >= 0.6 is 0 Å². The summed E-state index contributed by atoms with van der Waals surface area (Å²) in [5.41, 5.74) is 0.686. The Balaban J connectivity index is 1.71. The van der Waals surface area contributed by atoms with Crippen LogP contribution in [-0.2, 0) is 20.8 Å². The second kappa shape index (κ2) is 9.03. The number of pyridine rings is 1. The van der Waals surface area contributed by atoms with Gasteiger partial charge in [0.2, 0.25) is 17.7 Å². The van der Waals surface area contributed by atoms with Gasteiger partial charge in [-0.2, -0.15) is 0 Å². The van der Waals surface area contributed by atoms with Crippen molar-refractivity contribution in [1.82, 2.24) is 20.1 Å². The van der Waals surface area contributed by atoms with Crippen molar-refractivity contribution in [1.29, 1.82) is 0 Å². The Morgan fingerprint density at radius 1 is 1.33 bits per heavy atom. The number of rotatable bonds is 7. The Kier molecular flexibility index (Phi) is 6.45. The van der Waals surface area contributed by atoms with Crippen LogP contribution in [0.15, 0.2) is 16.9 Å². The Morgan fingerprint density at radius 2 is 2.10 bits per heavy atom. The number of hydrogen-bond donors (Lipinski definition) is 3. The van der Waals surface area contributed by atoms with Crippen LogP contribution in [0.1, 0.15) is 31.0 Å². The van der Waals surface area contributed by atoms with Gasteiger partial charge in [0.1, 0.15) is 11.7 Å². The summed E-state index contributed by atoms with van der Waals surface area (Å²) in [6.07, 6.45) is 7.72. The highest BCUT2D eigenvalue weighted by molar-refractivity contribution is 5.83. The van der Waals surface area contributed by atoms with Gasteiger partial charge in [-0.3, -0.25) is 23.7 Å². The average Bonchev–Trinajstić information content (AvgIpc) is 3.33. The molecule has 2 aliphatic rings. The van der Waals surface area contributed by atoms with Crippen LogP contribution in [0.2, 0.25) is 0 Å². The van der Waals surface area contributed by atoms with Crippen molar-refractivity contribution < 1.29 is 14.4 Å². The van der Waals surface area contributed by atoms with E-state index < -0.39 is 12.1 Å². The molecule has 0 aromatic carbocycles. The third kappa shape index (κ3) is 4.48. The predicted octanol–water partition coefficient (Wildman–Crippen LogP) is -0.520. The van der Waals surface area contributed by atoms with Crippen LogP contribution in [0, 0.1) is 18.3 Å². The second-order valence-electron chi connectivity index (χ2n) is 7.85. The number of nitrogens with one attached hydrogen (secondary N) is 3. The van der Waals surface area contributed by atoms with E-state index in [0.29, 0.717) is 32.2 Å². The van der Waals surface area contributed by atoms with Gasteiger partial charge >= 0.3 is 0 Å². The first-order chi connectivity index (χ1) is 14.3. The summed E-state index contributed by atoms with van der Waals surface area (Å²) < 4.78 is 1.47. The number of carbonyl (C=O) groups is 3. The van der Waals surface area contributed by atoms with Gasteiger partial charge in [0.15, 0.2) is 0 Å². The molecule has 1 saturated heterocycles. The van der Waals surface area contributed by atoms with Gasteiger partial charge in [0.25, 0.3) is 5.56 Å². The van der Waals surface area contributed by atoms with Crippen molar-refractivity contribution in [3.63, 3.8) is 0 Å². The fraction of sp³-hybridized carbons (Fsp3) is 0.524. The van der Waals surface area contributed by atoms with Crippen LogP contribution in [0.5, 0.6) is 0 Å². The molecule has 0 unspecified atom stereocenters. The highest BCUT2D eigenvalue weighted by Crippen LogP contribution is 2.25. The summed E-state index contributed by atoms with van der Waals surface area (Å²) in [5, 5.41) is 8.43. The highest BCUT2D eigenvalue weighted by Gasteiger charge is 2.33. The van der Waals surface area contributed by atoms with Crippen LogP contribution in [0.3, 0.4) is 0 Å². The maximum Gasteiger partial charge on any atom is 0.274 e. The van der Waals surface area contributed by atoms with E-state index in [1.807, 2.05) is 0 Å². The maximum atomic E-state index is 12.9. The predicted molar refractivity (Wildman–Crippen MR) is 112 cm³/mol. The van der Waals surface area contributed by atoms with E-state index >= 15 is 0 Å². The smallest absolute Gasteiger partial charge is 0.274 e. The van der Waals surface area contributed by atoms with Crippen LogP contribution in [-0.4, -0.2) is 60.4 Å². The minimum atomic E-state index is -0.674. The van der Waals surface area contributed by atoms with Gasteiger partial charge in [-0.15, -0.1) is 6.42 Å². The molecule has 0 bridgehead atoms. The zero-order valence-electron chi connectivity index (χ0n) is 17.2. The van der Waals surface area contributed by atoms with Crippen molar-refractivity contribution in [3.8, 4) is 12.3 Å². The van der Waals surface area contributed by atoms with Gasteiger partial charge in [-0.05, 0) is 37.8 Å². The molecule has 9 heteroatoms. The minimum Gasteiger partial charge on any atom is -0.372 e. The molecule has 1 aromatic rings. The first-order valence-electron chi connectivity index (χ1n) is 10.0. The monoisotopic (exact) mass is 413 g/mol. The van der Waals surface area contributed by atoms with Crippen molar-refractivity contribution in [2.45, 2.75) is 37.8 Å². The van der Waals surface area contributed by atoms with Gasteiger partial charge in [0, 0.05) is 32.3 Å². The zero-order chi connectivity index (χ0) is 21.8. The van der Waals surface area contributed by atoms with E-state index in [4.69, 9.17) is 6.42 Å². The van der Waals surface area contributed by atoms with Crippen molar-refractivity contribution in [2.24, 2.45) is 5.92 Å². The molecule has 160 valence electrons. The van der Waals surface area contributed by atoms with E-state index in [1.165, 1.54) is 9.47 Å². The number of aromatic nitrogens is 1. The first-order valence-corrected chi connectivity index (χ1v) is 10.0. The fourth-order valence-corrected chi connectivity index (χ4v) is 3.85. The molecule has 0 saturated carbocycles. The average molecular weight is 413 g/mol. The van der Waals surface area contributed by atoms with Gasteiger partial charge in [0.05, 0.1) is 12.6 Å². The molecular formula is C21H27N5O4. The van der Waals surface area contributed by atoms with Crippen LogP contribution < -0.4 is 21.5 Å². The molecule has 30 heavy (non-hydrogen) atoms.